The van der Waals surface area contributed by atoms with Crippen LogP contribution in [-0.4, -0.2) is 37.7 Å². The number of alkyl halides is 3. The summed E-state index contributed by atoms with van der Waals surface area (Å²) in [5, 5.41) is 18.1. The molecule has 1 aromatic heterocycles. The lowest BCUT2D eigenvalue weighted by Crippen LogP contribution is -2.47. The molecule has 0 radical (unpaired) electrons. The molecule has 3 rings (SSSR count). The van der Waals surface area contributed by atoms with Crippen LogP contribution in [0.4, 0.5) is 13.2 Å². The van der Waals surface area contributed by atoms with E-state index < -0.39 is 11.8 Å². The molecule has 2 aliphatic rings. The zero-order valence-corrected chi connectivity index (χ0v) is 19.4. The average Bonchev–Trinajstić information content (AvgIpc) is 3.24. The molecule has 0 saturated heterocycles. The van der Waals surface area contributed by atoms with Crippen LogP contribution in [0.2, 0.25) is 0 Å². The van der Waals surface area contributed by atoms with Crippen LogP contribution in [-0.2, 0) is 11.3 Å². The lowest BCUT2D eigenvalue weighted by Gasteiger charge is -2.42. The van der Waals surface area contributed by atoms with Gasteiger partial charge in [0.15, 0.2) is 11.4 Å². The highest BCUT2D eigenvalue weighted by Crippen LogP contribution is 2.48. The van der Waals surface area contributed by atoms with E-state index in [1.54, 1.807) is 24.0 Å². The third kappa shape index (κ3) is 6.12. The van der Waals surface area contributed by atoms with Gasteiger partial charge in [-0.05, 0) is 68.6 Å². The van der Waals surface area contributed by atoms with E-state index in [1.807, 2.05) is 0 Å². The molecule has 2 saturated carbocycles. The van der Waals surface area contributed by atoms with Crippen LogP contribution in [0.5, 0.6) is 0 Å². The Morgan fingerprint density at radius 3 is 2.59 bits per heavy atom. The second kappa shape index (κ2) is 10.7. The van der Waals surface area contributed by atoms with E-state index in [-0.39, 0.29) is 37.0 Å². The fourth-order valence-electron chi connectivity index (χ4n) is 6.28. The number of carbonyl (C=O) groups is 1. The van der Waals surface area contributed by atoms with Gasteiger partial charge in [-0.25, -0.2) is 4.68 Å². The molecule has 5 nitrogen and oxygen atoms in total. The van der Waals surface area contributed by atoms with Gasteiger partial charge in [0.05, 0.1) is 6.20 Å². The highest BCUT2D eigenvalue weighted by Gasteiger charge is 2.54. The lowest BCUT2D eigenvalue weighted by molar-refractivity contribution is -0.269. The number of ketones is 1. The molecule has 8 heteroatoms. The van der Waals surface area contributed by atoms with E-state index in [9.17, 15) is 23.1 Å². The number of rotatable bonds is 7. The summed E-state index contributed by atoms with van der Waals surface area (Å²) in [6, 6.07) is 0. The number of aromatic nitrogens is 3. The van der Waals surface area contributed by atoms with E-state index in [4.69, 9.17) is 0 Å². The summed E-state index contributed by atoms with van der Waals surface area (Å²) in [5.41, 5.74) is -2.57. The van der Waals surface area contributed by atoms with Crippen LogP contribution >= 0.6 is 0 Å². The summed E-state index contributed by atoms with van der Waals surface area (Å²) in [6.07, 6.45) is 5.58. The Labute approximate surface area is 189 Å². The van der Waals surface area contributed by atoms with Gasteiger partial charge in [-0.15, -0.1) is 5.10 Å². The van der Waals surface area contributed by atoms with E-state index in [0.29, 0.717) is 24.2 Å². The maximum absolute atomic E-state index is 13.6. The molecule has 32 heavy (non-hydrogen) atoms. The first-order valence-corrected chi connectivity index (χ1v) is 12.3. The predicted molar refractivity (Wildman–Crippen MR) is 116 cm³/mol. The van der Waals surface area contributed by atoms with E-state index in [0.717, 1.165) is 51.4 Å². The van der Waals surface area contributed by atoms with Crippen LogP contribution in [0.25, 0.3) is 0 Å². The largest absolute Gasteiger partial charge is 0.417 e. The Bertz CT molecular complexity index is 725. The molecule has 1 heterocycles. The van der Waals surface area contributed by atoms with Crippen molar-refractivity contribution in [1.82, 2.24) is 15.0 Å². The molecule has 0 bridgehead atoms. The van der Waals surface area contributed by atoms with Gasteiger partial charge >= 0.3 is 6.18 Å². The molecule has 1 aromatic rings. The summed E-state index contributed by atoms with van der Waals surface area (Å²) in [5.74, 6) is 1.45. The first-order valence-electron chi connectivity index (χ1n) is 12.3. The molecule has 0 aromatic carbocycles. The molecule has 2 fully saturated rings. The number of carbonyl (C=O) groups excluding carboxylic acids is 1. The predicted octanol–water partition coefficient (Wildman–Crippen LogP) is 5.58. The van der Waals surface area contributed by atoms with Crippen LogP contribution < -0.4 is 0 Å². The Balaban J connectivity index is 1.62. The van der Waals surface area contributed by atoms with Crippen molar-refractivity contribution < 1.29 is 23.1 Å². The van der Waals surface area contributed by atoms with Gasteiger partial charge < -0.3 is 5.11 Å². The smallest absolute Gasteiger partial charge is 0.380 e. The molecular weight excluding hydrogens is 419 g/mol. The highest BCUT2D eigenvalue weighted by atomic mass is 19.4. The maximum Gasteiger partial charge on any atom is 0.417 e. The van der Waals surface area contributed by atoms with Crippen molar-refractivity contribution in [3.8, 4) is 0 Å². The van der Waals surface area contributed by atoms with E-state index in [1.165, 1.54) is 0 Å². The summed E-state index contributed by atoms with van der Waals surface area (Å²) >= 11 is 0. The third-order valence-electron chi connectivity index (χ3n) is 8.04. The van der Waals surface area contributed by atoms with Crippen molar-refractivity contribution in [2.24, 2.45) is 29.6 Å². The van der Waals surface area contributed by atoms with Gasteiger partial charge in [0.25, 0.3) is 0 Å². The second-order valence-electron chi connectivity index (χ2n) is 10.3. The number of Topliss-reactive ketones (excluding diaryl/α,β-unsaturated/α-hetero) is 1. The fourth-order valence-corrected chi connectivity index (χ4v) is 6.28. The van der Waals surface area contributed by atoms with Crippen LogP contribution in [0.15, 0.2) is 12.4 Å². The van der Waals surface area contributed by atoms with Gasteiger partial charge in [0.1, 0.15) is 6.54 Å². The third-order valence-corrected chi connectivity index (χ3v) is 8.04. The summed E-state index contributed by atoms with van der Waals surface area (Å²) in [6.45, 7) is 4.18. The van der Waals surface area contributed by atoms with Crippen molar-refractivity contribution in [1.29, 1.82) is 0 Å². The Kier molecular flexibility index (Phi) is 8.39. The fraction of sp³-hybridized carbons (Fsp3) is 0.875. The quantitative estimate of drug-likeness (QED) is 0.580. The van der Waals surface area contributed by atoms with Gasteiger partial charge in [0, 0.05) is 12.1 Å². The minimum Gasteiger partial charge on any atom is -0.380 e. The molecule has 2 aliphatic carbocycles. The minimum absolute atomic E-state index is 0.0116. The zero-order valence-electron chi connectivity index (χ0n) is 19.4. The minimum atomic E-state index is -4.58. The summed E-state index contributed by atoms with van der Waals surface area (Å²) in [7, 11) is 0. The molecule has 182 valence electrons. The average molecular weight is 458 g/mol. The molecule has 0 amide bonds. The molecule has 0 unspecified atom stereocenters. The Morgan fingerprint density at radius 1 is 1.16 bits per heavy atom. The Hall–Kier alpha value is -1.44. The monoisotopic (exact) mass is 457 g/mol. The summed E-state index contributed by atoms with van der Waals surface area (Å²) < 4.78 is 42.3. The van der Waals surface area contributed by atoms with Crippen LogP contribution in [0.3, 0.4) is 0 Å². The van der Waals surface area contributed by atoms with Gasteiger partial charge in [-0.2, -0.15) is 13.2 Å². The van der Waals surface area contributed by atoms with Crippen LogP contribution in [0.1, 0.15) is 84.5 Å². The number of aliphatic hydroxyl groups is 1. The van der Waals surface area contributed by atoms with E-state index >= 15 is 0 Å². The first kappa shape index (κ1) is 25.2. The van der Waals surface area contributed by atoms with Crippen molar-refractivity contribution in [3.63, 3.8) is 0 Å². The molecule has 0 aliphatic heterocycles. The van der Waals surface area contributed by atoms with Crippen molar-refractivity contribution >= 4 is 5.78 Å². The van der Waals surface area contributed by atoms with Gasteiger partial charge in [-0.1, -0.05) is 44.7 Å². The van der Waals surface area contributed by atoms with Crippen molar-refractivity contribution in [2.75, 3.05) is 0 Å². The van der Waals surface area contributed by atoms with Crippen molar-refractivity contribution in [2.45, 2.75) is 103 Å². The zero-order chi connectivity index (χ0) is 23.4. The molecule has 6 atom stereocenters. The normalized spacial score (nSPS) is 31.6. The number of fused-ring (bicyclic) bond motifs is 1. The van der Waals surface area contributed by atoms with Crippen LogP contribution in [0, 0.1) is 29.6 Å². The molecular formula is C24H38F3N3O2. The standard InChI is InChI=1S/C24H38F3N3O2/c1-3-11-23(32,24(25,26)27)15-18-8-10-21-17(2)7-9-19(5-4-6-20(21)14-18)22(31)16-30-13-12-28-29-30/h12-13,17-21,32H,3-11,14-16H2,1-2H3/t17-,18-,19+,20+,21-,23+/m0/s1. The number of halogens is 3. The Morgan fingerprint density at radius 2 is 1.94 bits per heavy atom. The van der Waals surface area contributed by atoms with Crippen molar-refractivity contribution in [3.05, 3.63) is 12.4 Å². The summed E-state index contributed by atoms with van der Waals surface area (Å²) in [4.78, 5) is 12.8. The SMILES string of the molecule is CCC[C@@](O)(C[C@H]1CC[C@@H]2[C@H](CCC[C@@H](C(=O)Cn3ccnn3)CC[C@@H]2C)C1)C(F)(F)F. The van der Waals surface area contributed by atoms with Gasteiger partial charge in [0.2, 0.25) is 0 Å². The number of hydrogen-bond acceptors (Lipinski definition) is 4. The first-order chi connectivity index (χ1) is 15.1. The molecule has 0 spiro atoms. The molecule has 1 N–H and O–H groups in total. The number of hydrogen-bond donors (Lipinski definition) is 1. The van der Waals surface area contributed by atoms with E-state index in [2.05, 4.69) is 17.2 Å². The second-order valence-corrected chi connectivity index (χ2v) is 10.3. The highest BCUT2D eigenvalue weighted by molar-refractivity contribution is 5.80. The van der Waals surface area contributed by atoms with Gasteiger partial charge in [-0.3, -0.25) is 4.79 Å². The topological polar surface area (TPSA) is 68.0 Å². The maximum atomic E-state index is 13.6. The number of nitrogens with zero attached hydrogens (tertiary/aromatic N) is 3. The lowest BCUT2D eigenvalue weighted by atomic mass is 9.65.